The van der Waals surface area contributed by atoms with Gasteiger partial charge >= 0.3 is 12.3 Å². The summed E-state index contributed by atoms with van der Waals surface area (Å²) in [7, 11) is 1.20. The van der Waals surface area contributed by atoms with Crippen LogP contribution in [0.15, 0.2) is 24.5 Å². The van der Waals surface area contributed by atoms with E-state index in [1.54, 1.807) is 6.07 Å². The number of nitrogens with zero attached hydrogens (tertiary/aromatic N) is 2. The SMILES string of the molecule is COC(=O)Nc1ccc2c(-c3nc(N[C@H]4CCCNC4)ncc3C(F)(F)F)c[nH]c2c1C(C)(C)O. The molecule has 0 radical (unpaired) electrons. The number of ether oxygens (including phenoxy) is 1. The predicted molar refractivity (Wildman–Crippen MR) is 125 cm³/mol. The Morgan fingerprint density at radius 1 is 1.29 bits per heavy atom. The molecule has 1 aliphatic heterocycles. The minimum Gasteiger partial charge on any atom is -0.453 e. The number of alkyl halides is 3. The van der Waals surface area contributed by atoms with E-state index in [0.717, 1.165) is 25.6 Å². The number of anilines is 2. The lowest BCUT2D eigenvalue weighted by Gasteiger charge is -2.24. The van der Waals surface area contributed by atoms with Crippen molar-refractivity contribution in [2.75, 3.05) is 30.8 Å². The van der Waals surface area contributed by atoms with Crippen molar-refractivity contribution in [3.8, 4) is 11.3 Å². The Hall–Kier alpha value is -3.38. The van der Waals surface area contributed by atoms with Crippen LogP contribution in [-0.2, 0) is 16.5 Å². The number of aromatic nitrogens is 3. The van der Waals surface area contributed by atoms with Gasteiger partial charge in [-0.3, -0.25) is 5.32 Å². The second kappa shape index (κ2) is 9.34. The van der Waals surface area contributed by atoms with Crippen molar-refractivity contribution in [1.82, 2.24) is 20.3 Å². The molecule has 0 unspecified atom stereocenters. The molecule has 0 spiro atoms. The molecule has 35 heavy (non-hydrogen) atoms. The predicted octanol–water partition coefficient (Wildman–Crippen LogP) is 4.21. The van der Waals surface area contributed by atoms with Gasteiger partial charge in [-0.1, -0.05) is 6.07 Å². The number of aromatic amines is 1. The number of hydrogen-bond donors (Lipinski definition) is 5. The Balaban J connectivity index is 1.86. The molecule has 188 valence electrons. The summed E-state index contributed by atoms with van der Waals surface area (Å²) in [6.07, 6.45) is -1.45. The Bertz CT molecular complexity index is 1230. The van der Waals surface area contributed by atoms with Crippen LogP contribution in [0.2, 0.25) is 0 Å². The van der Waals surface area contributed by atoms with Crippen LogP contribution < -0.4 is 16.0 Å². The number of amides is 1. The Kier molecular flexibility index (Phi) is 6.60. The zero-order valence-corrected chi connectivity index (χ0v) is 19.5. The summed E-state index contributed by atoms with van der Waals surface area (Å²) in [4.78, 5) is 22.9. The van der Waals surface area contributed by atoms with E-state index in [-0.39, 0.29) is 28.9 Å². The zero-order valence-electron chi connectivity index (χ0n) is 19.5. The number of fused-ring (bicyclic) bond motifs is 1. The van der Waals surface area contributed by atoms with Gasteiger partial charge < -0.3 is 25.5 Å². The van der Waals surface area contributed by atoms with E-state index in [1.165, 1.54) is 33.2 Å². The molecule has 1 aliphatic rings. The molecular weight excluding hydrogens is 465 g/mol. The van der Waals surface area contributed by atoms with E-state index in [0.29, 0.717) is 23.0 Å². The first-order chi connectivity index (χ1) is 16.5. The molecule has 0 bridgehead atoms. The van der Waals surface area contributed by atoms with Crippen molar-refractivity contribution >= 4 is 28.6 Å². The highest BCUT2D eigenvalue weighted by atomic mass is 19.4. The largest absolute Gasteiger partial charge is 0.453 e. The van der Waals surface area contributed by atoms with Gasteiger partial charge in [-0.15, -0.1) is 0 Å². The molecule has 2 aromatic heterocycles. The highest BCUT2D eigenvalue weighted by Crippen LogP contribution is 2.42. The summed E-state index contributed by atoms with van der Waals surface area (Å²) in [6.45, 7) is 4.58. The van der Waals surface area contributed by atoms with Crippen molar-refractivity contribution in [2.24, 2.45) is 0 Å². The van der Waals surface area contributed by atoms with Crippen LogP contribution in [0.4, 0.5) is 29.6 Å². The van der Waals surface area contributed by atoms with Gasteiger partial charge in [0, 0.05) is 41.5 Å². The van der Waals surface area contributed by atoms with E-state index >= 15 is 0 Å². The van der Waals surface area contributed by atoms with Crippen molar-refractivity contribution in [3.63, 3.8) is 0 Å². The smallest absolute Gasteiger partial charge is 0.419 e. The summed E-state index contributed by atoms with van der Waals surface area (Å²) < 4.78 is 46.4. The number of rotatable bonds is 5. The number of carbonyl (C=O) groups excluding carboxylic acids is 1. The summed E-state index contributed by atoms with van der Waals surface area (Å²) in [5.74, 6) is 0.0998. The molecule has 4 rings (SSSR count). The van der Waals surface area contributed by atoms with E-state index < -0.39 is 23.4 Å². The molecule has 0 saturated carbocycles. The summed E-state index contributed by atoms with van der Waals surface area (Å²) in [6, 6.07) is 3.07. The monoisotopic (exact) mass is 492 g/mol. The lowest BCUT2D eigenvalue weighted by atomic mass is 9.92. The fourth-order valence-electron chi connectivity index (χ4n) is 4.32. The maximum atomic E-state index is 13.9. The number of carbonyl (C=O) groups is 1. The van der Waals surface area contributed by atoms with Crippen LogP contribution in [0.3, 0.4) is 0 Å². The second-order valence-electron chi connectivity index (χ2n) is 8.93. The fraction of sp³-hybridized carbons (Fsp3) is 0.435. The minimum absolute atomic E-state index is 0.00468. The third-order valence-corrected chi connectivity index (χ3v) is 5.87. The first-order valence-corrected chi connectivity index (χ1v) is 11.1. The molecule has 3 heterocycles. The highest BCUT2D eigenvalue weighted by Gasteiger charge is 2.37. The number of methoxy groups -OCH3 is 1. The molecule has 1 saturated heterocycles. The van der Waals surface area contributed by atoms with Crippen LogP contribution in [0, 0.1) is 0 Å². The van der Waals surface area contributed by atoms with Gasteiger partial charge in [0.1, 0.15) is 5.56 Å². The van der Waals surface area contributed by atoms with Crippen molar-refractivity contribution < 1.29 is 27.8 Å². The van der Waals surface area contributed by atoms with Crippen LogP contribution in [0.25, 0.3) is 22.2 Å². The van der Waals surface area contributed by atoms with Gasteiger partial charge in [-0.25, -0.2) is 14.8 Å². The standard InChI is InChI=1S/C23H27F3N6O3/c1-22(2,34)17-16(31-21(33)35-3)7-6-13-14(10-28-19(13)17)18-15(23(24,25)26)11-29-20(32-18)30-12-5-4-8-27-9-12/h6-7,10-12,27-28,34H,4-5,8-9H2,1-3H3,(H,31,33)(H,29,30,32)/t12-/m0/s1. The lowest BCUT2D eigenvalue weighted by Crippen LogP contribution is -2.38. The van der Waals surface area contributed by atoms with Crippen LogP contribution in [0.5, 0.6) is 0 Å². The van der Waals surface area contributed by atoms with Gasteiger partial charge in [0.15, 0.2) is 0 Å². The summed E-state index contributed by atoms with van der Waals surface area (Å²) >= 11 is 0. The molecule has 9 nitrogen and oxygen atoms in total. The average Bonchev–Trinajstić information content (AvgIpc) is 3.21. The zero-order chi connectivity index (χ0) is 25.4. The van der Waals surface area contributed by atoms with E-state index in [1.807, 2.05) is 0 Å². The van der Waals surface area contributed by atoms with Gasteiger partial charge in [-0.05, 0) is 39.3 Å². The molecule has 1 aromatic carbocycles. The number of H-pyrrole nitrogens is 1. The first kappa shape index (κ1) is 24.7. The number of aliphatic hydroxyl groups is 1. The third-order valence-electron chi connectivity index (χ3n) is 5.87. The Morgan fingerprint density at radius 2 is 2.06 bits per heavy atom. The first-order valence-electron chi connectivity index (χ1n) is 11.1. The quantitative estimate of drug-likeness (QED) is 0.361. The third kappa shape index (κ3) is 5.17. The highest BCUT2D eigenvalue weighted by molar-refractivity contribution is 6.01. The van der Waals surface area contributed by atoms with Crippen LogP contribution in [-0.4, -0.2) is 52.4 Å². The maximum absolute atomic E-state index is 13.9. The Labute approximate surface area is 199 Å². The van der Waals surface area contributed by atoms with Crippen molar-refractivity contribution in [1.29, 1.82) is 0 Å². The van der Waals surface area contributed by atoms with E-state index in [4.69, 9.17) is 0 Å². The number of nitrogens with one attached hydrogen (secondary N) is 4. The molecule has 5 N–H and O–H groups in total. The normalized spacial score (nSPS) is 16.8. The van der Waals surface area contributed by atoms with Gasteiger partial charge in [-0.2, -0.15) is 13.2 Å². The maximum Gasteiger partial charge on any atom is 0.419 e. The molecular formula is C23H27F3N6O3. The van der Waals surface area contributed by atoms with Gasteiger partial charge in [0.05, 0.1) is 29.6 Å². The molecule has 1 atom stereocenters. The van der Waals surface area contributed by atoms with Gasteiger partial charge in [0.2, 0.25) is 5.95 Å². The molecule has 1 fully saturated rings. The summed E-state index contributed by atoms with van der Waals surface area (Å²) in [5.41, 5.74) is -1.62. The second-order valence-corrected chi connectivity index (χ2v) is 8.93. The fourth-order valence-corrected chi connectivity index (χ4v) is 4.32. The molecule has 12 heteroatoms. The van der Waals surface area contributed by atoms with E-state index in [2.05, 4.69) is 35.6 Å². The number of halogens is 3. The lowest BCUT2D eigenvalue weighted by molar-refractivity contribution is -0.137. The molecule has 1 amide bonds. The van der Waals surface area contributed by atoms with Crippen LogP contribution in [0.1, 0.15) is 37.8 Å². The topological polar surface area (TPSA) is 124 Å². The van der Waals surface area contributed by atoms with Crippen molar-refractivity contribution in [2.45, 2.75) is 44.5 Å². The molecule has 0 aliphatic carbocycles. The van der Waals surface area contributed by atoms with E-state index in [9.17, 15) is 23.1 Å². The number of benzene rings is 1. The average molecular weight is 493 g/mol. The van der Waals surface area contributed by atoms with Gasteiger partial charge in [0.25, 0.3) is 0 Å². The number of hydrogen-bond acceptors (Lipinski definition) is 7. The Morgan fingerprint density at radius 3 is 2.69 bits per heavy atom. The minimum atomic E-state index is -4.69. The summed E-state index contributed by atoms with van der Waals surface area (Å²) in [5, 5.41) is 20.1. The molecule has 3 aromatic rings. The van der Waals surface area contributed by atoms with Crippen molar-refractivity contribution in [3.05, 3.63) is 35.7 Å². The number of piperidine rings is 1. The van der Waals surface area contributed by atoms with Crippen LogP contribution >= 0.6 is 0 Å².